The smallest absolute Gasteiger partial charge is 0.129 e. The van der Waals surface area contributed by atoms with Gasteiger partial charge in [-0.25, -0.2) is 0 Å². The first kappa shape index (κ1) is 27.9. The lowest BCUT2D eigenvalue weighted by Crippen LogP contribution is -2.10. The lowest BCUT2D eigenvalue weighted by molar-refractivity contribution is 0.483. The van der Waals surface area contributed by atoms with Gasteiger partial charge in [-0.3, -0.25) is 0 Å². The molecule has 0 aliphatic rings. The summed E-state index contributed by atoms with van der Waals surface area (Å²) < 4.78 is 6.22. The molecule has 0 amide bonds. The minimum Gasteiger partial charge on any atom is -0.457 e. The van der Waals surface area contributed by atoms with Crippen LogP contribution in [0.4, 0.5) is 17.1 Å². The average molecular weight is 580 g/mol. The topological polar surface area (TPSA) is 12.5 Å². The van der Waals surface area contributed by atoms with Crippen molar-refractivity contribution in [2.45, 2.75) is 6.92 Å². The lowest BCUT2D eigenvalue weighted by atomic mass is 9.99. The molecule has 0 aliphatic carbocycles. The molecule has 0 saturated carbocycles. The van der Waals surface area contributed by atoms with Gasteiger partial charge in [0, 0.05) is 23.1 Å². The quantitative estimate of drug-likeness (QED) is 0.178. The summed E-state index contributed by atoms with van der Waals surface area (Å²) in [6.07, 6.45) is 0. The molecule has 0 N–H and O–H groups in total. The fourth-order valence-electron chi connectivity index (χ4n) is 5.60. The Bertz CT molecular complexity index is 1980. The summed E-state index contributed by atoms with van der Waals surface area (Å²) >= 11 is 0. The van der Waals surface area contributed by atoms with Gasteiger partial charge in [0.05, 0.1) is 0 Å². The fourth-order valence-corrected chi connectivity index (χ4v) is 5.60. The molecule has 0 bridgehead atoms. The summed E-state index contributed by atoms with van der Waals surface area (Å²) in [6, 6.07) is 63.7. The molecular weight excluding hydrogens is 546 g/mol. The molecule has 0 aliphatic heterocycles. The van der Waals surface area contributed by atoms with E-state index in [1.54, 1.807) is 0 Å². The Morgan fingerprint density at radius 2 is 0.733 bits per heavy atom. The van der Waals surface area contributed by atoms with E-state index >= 15 is 0 Å². The molecular formula is C43H33NO. The maximum atomic E-state index is 6.22. The Kier molecular flexibility index (Phi) is 7.94. The third-order valence-corrected chi connectivity index (χ3v) is 8.02. The van der Waals surface area contributed by atoms with Gasteiger partial charge in [-0.2, -0.15) is 0 Å². The molecule has 7 aromatic rings. The van der Waals surface area contributed by atoms with Crippen molar-refractivity contribution in [3.8, 4) is 44.9 Å². The van der Waals surface area contributed by atoms with E-state index in [0.29, 0.717) is 0 Å². The van der Waals surface area contributed by atoms with Crippen molar-refractivity contribution in [2.75, 3.05) is 4.90 Å². The van der Waals surface area contributed by atoms with Gasteiger partial charge in [0.25, 0.3) is 0 Å². The highest BCUT2D eigenvalue weighted by molar-refractivity contribution is 5.80. The number of para-hydroxylation sites is 1. The number of benzene rings is 7. The van der Waals surface area contributed by atoms with Crippen molar-refractivity contribution in [2.24, 2.45) is 0 Å². The average Bonchev–Trinajstić information content (AvgIpc) is 3.11. The van der Waals surface area contributed by atoms with E-state index in [4.69, 9.17) is 4.74 Å². The van der Waals surface area contributed by atoms with Crippen LogP contribution >= 0.6 is 0 Å². The zero-order valence-electron chi connectivity index (χ0n) is 25.2. The molecule has 0 radical (unpaired) electrons. The highest BCUT2D eigenvalue weighted by Gasteiger charge is 2.14. The molecule has 0 saturated heterocycles. The minimum atomic E-state index is 0.787. The van der Waals surface area contributed by atoms with Crippen LogP contribution in [0.15, 0.2) is 182 Å². The highest BCUT2D eigenvalue weighted by atomic mass is 16.5. The summed E-state index contributed by atoms with van der Waals surface area (Å²) in [5.41, 5.74) is 11.6. The van der Waals surface area contributed by atoms with Crippen LogP contribution in [0.25, 0.3) is 33.4 Å². The number of anilines is 3. The van der Waals surface area contributed by atoms with E-state index in [1.165, 1.54) is 38.9 Å². The second-order valence-electron chi connectivity index (χ2n) is 11.2. The van der Waals surface area contributed by atoms with Crippen LogP contribution in [0.5, 0.6) is 11.5 Å². The van der Waals surface area contributed by atoms with Crippen LogP contribution in [-0.4, -0.2) is 0 Å². The molecule has 0 spiro atoms. The maximum absolute atomic E-state index is 6.22. The molecule has 45 heavy (non-hydrogen) atoms. The summed E-state index contributed by atoms with van der Waals surface area (Å²) in [6.45, 7) is 2.12. The number of rotatable bonds is 8. The predicted molar refractivity (Wildman–Crippen MR) is 189 cm³/mol. The predicted octanol–water partition coefficient (Wildman–Crippen LogP) is 12.3. The van der Waals surface area contributed by atoms with E-state index in [9.17, 15) is 0 Å². The molecule has 7 aromatic carbocycles. The van der Waals surface area contributed by atoms with Crippen LogP contribution in [0, 0.1) is 6.92 Å². The summed E-state index contributed by atoms with van der Waals surface area (Å²) in [5, 5.41) is 0. The van der Waals surface area contributed by atoms with Crippen LogP contribution in [0.1, 0.15) is 5.56 Å². The number of ether oxygens (including phenoxy) is 1. The van der Waals surface area contributed by atoms with Gasteiger partial charge in [0.2, 0.25) is 0 Å². The van der Waals surface area contributed by atoms with Gasteiger partial charge in [-0.05, 0) is 88.8 Å². The first-order valence-electron chi connectivity index (χ1n) is 15.3. The summed E-state index contributed by atoms with van der Waals surface area (Å²) in [7, 11) is 0. The van der Waals surface area contributed by atoms with E-state index in [1.807, 2.05) is 48.5 Å². The molecule has 2 heteroatoms. The fraction of sp³-hybridized carbons (Fsp3) is 0.0233. The Balaban J connectivity index is 1.21. The second-order valence-corrected chi connectivity index (χ2v) is 11.2. The zero-order valence-corrected chi connectivity index (χ0v) is 25.2. The standard InChI is InChI=1S/C43H33NO/c1-32-15-17-34(18-16-32)35-19-21-36(22-20-35)38-25-29-40(30-26-38)44(39-27-23-37(24-28-39)33-9-4-2-5-10-33)41-11-8-14-43(31-41)45-42-12-6-3-7-13-42/h2-31H,1H3. The molecule has 7 rings (SSSR count). The van der Waals surface area contributed by atoms with Crippen LogP contribution in [0.3, 0.4) is 0 Å². The maximum Gasteiger partial charge on any atom is 0.129 e. The number of nitrogens with zero attached hydrogens (tertiary/aromatic N) is 1. The van der Waals surface area contributed by atoms with Gasteiger partial charge in [-0.1, -0.05) is 133 Å². The van der Waals surface area contributed by atoms with Crippen molar-refractivity contribution >= 4 is 17.1 Å². The molecule has 216 valence electrons. The van der Waals surface area contributed by atoms with Crippen LogP contribution < -0.4 is 9.64 Å². The first-order chi connectivity index (χ1) is 22.2. The van der Waals surface area contributed by atoms with Crippen molar-refractivity contribution in [1.29, 1.82) is 0 Å². The Morgan fingerprint density at radius 1 is 0.333 bits per heavy atom. The minimum absolute atomic E-state index is 0.787. The summed E-state index contributed by atoms with van der Waals surface area (Å²) in [4.78, 5) is 2.27. The third kappa shape index (κ3) is 6.41. The third-order valence-electron chi connectivity index (χ3n) is 8.02. The Morgan fingerprint density at radius 3 is 1.24 bits per heavy atom. The SMILES string of the molecule is Cc1ccc(-c2ccc(-c3ccc(N(c4ccc(-c5ccccc5)cc4)c4cccc(Oc5ccccc5)c4)cc3)cc2)cc1. The van der Waals surface area contributed by atoms with E-state index in [0.717, 1.165) is 28.6 Å². The molecule has 0 heterocycles. The summed E-state index contributed by atoms with van der Waals surface area (Å²) in [5.74, 6) is 1.60. The van der Waals surface area contributed by atoms with Crippen molar-refractivity contribution in [3.05, 3.63) is 188 Å². The van der Waals surface area contributed by atoms with Gasteiger partial charge < -0.3 is 9.64 Å². The lowest BCUT2D eigenvalue weighted by Gasteiger charge is -2.26. The first-order valence-corrected chi connectivity index (χ1v) is 15.3. The van der Waals surface area contributed by atoms with Gasteiger partial charge in [0.1, 0.15) is 11.5 Å². The highest BCUT2D eigenvalue weighted by Crippen LogP contribution is 2.38. The van der Waals surface area contributed by atoms with Gasteiger partial charge in [0.15, 0.2) is 0 Å². The molecule has 0 unspecified atom stereocenters. The van der Waals surface area contributed by atoms with Crippen LogP contribution in [0.2, 0.25) is 0 Å². The van der Waals surface area contributed by atoms with E-state index in [-0.39, 0.29) is 0 Å². The molecule has 0 aromatic heterocycles. The van der Waals surface area contributed by atoms with E-state index in [2.05, 4.69) is 145 Å². The number of hydrogen-bond acceptors (Lipinski definition) is 2. The number of aryl methyl sites for hydroxylation is 1. The largest absolute Gasteiger partial charge is 0.457 e. The molecule has 2 nitrogen and oxygen atoms in total. The van der Waals surface area contributed by atoms with Gasteiger partial charge >= 0.3 is 0 Å². The monoisotopic (exact) mass is 579 g/mol. The van der Waals surface area contributed by atoms with Crippen molar-refractivity contribution < 1.29 is 4.74 Å². The van der Waals surface area contributed by atoms with E-state index < -0.39 is 0 Å². The molecule has 0 atom stereocenters. The van der Waals surface area contributed by atoms with Crippen molar-refractivity contribution in [1.82, 2.24) is 0 Å². The zero-order chi connectivity index (χ0) is 30.4. The van der Waals surface area contributed by atoms with Crippen molar-refractivity contribution in [3.63, 3.8) is 0 Å². The van der Waals surface area contributed by atoms with Crippen LogP contribution in [-0.2, 0) is 0 Å². The van der Waals surface area contributed by atoms with Gasteiger partial charge in [-0.15, -0.1) is 0 Å². The Labute approximate surface area is 265 Å². The number of hydrogen-bond donors (Lipinski definition) is 0. The second kappa shape index (κ2) is 12.8. The molecule has 0 fully saturated rings. The normalized spacial score (nSPS) is 10.8. The Hall–Kier alpha value is -5.86.